The molecule has 2 aromatic carbocycles. The average molecular weight is 427 g/mol. The number of ether oxygens (including phenoxy) is 2. The van der Waals surface area contributed by atoms with Crippen molar-refractivity contribution in [2.45, 2.75) is 60.1 Å². The average Bonchev–Trinajstić information content (AvgIpc) is 2.69. The summed E-state index contributed by atoms with van der Waals surface area (Å²) in [7, 11) is 4.59. The van der Waals surface area contributed by atoms with Gasteiger partial charge in [-0.3, -0.25) is 4.48 Å². The number of hydrogen-bond donors (Lipinski definition) is 0. The van der Waals surface area contributed by atoms with Gasteiger partial charge in [-0.1, -0.05) is 58.0 Å². The molecule has 2 rings (SSSR count). The number of para-hydroxylation sites is 1. The minimum Gasteiger partial charge on any atom is -0.436 e. The Hall–Kier alpha value is -1.84. The van der Waals surface area contributed by atoms with Gasteiger partial charge in [0.15, 0.2) is 0 Å². The zero-order valence-electron chi connectivity index (χ0n) is 21.1. The molecule has 31 heavy (non-hydrogen) atoms. The summed E-state index contributed by atoms with van der Waals surface area (Å²) >= 11 is 0. The van der Waals surface area contributed by atoms with Gasteiger partial charge in [0.05, 0.1) is 26.3 Å². The van der Waals surface area contributed by atoms with Gasteiger partial charge in [0.25, 0.3) is 5.72 Å². The van der Waals surface area contributed by atoms with E-state index in [1.165, 1.54) is 16.7 Å². The van der Waals surface area contributed by atoms with E-state index in [0.29, 0.717) is 22.9 Å². The molecule has 0 amide bonds. The van der Waals surface area contributed by atoms with Gasteiger partial charge >= 0.3 is 0 Å². The molecule has 1 unspecified atom stereocenters. The fraction of sp³-hybridized carbons (Fsp3) is 0.571. The maximum Gasteiger partial charge on any atom is 0.270 e. The van der Waals surface area contributed by atoms with E-state index < -0.39 is 5.72 Å². The lowest BCUT2D eigenvalue weighted by Gasteiger charge is -2.49. The van der Waals surface area contributed by atoms with E-state index in [2.05, 4.69) is 98.1 Å². The van der Waals surface area contributed by atoms with Gasteiger partial charge in [-0.2, -0.15) is 0 Å². The Balaban J connectivity index is 2.74. The van der Waals surface area contributed by atoms with Crippen LogP contribution in [0.4, 0.5) is 0 Å². The fourth-order valence-corrected chi connectivity index (χ4v) is 4.51. The normalized spacial score (nSPS) is 14.1. The Labute approximate surface area is 191 Å². The molecule has 0 aliphatic rings. The number of benzene rings is 2. The Morgan fingerprint density at radius 1 is 0.903 bits per heavy atom. The van der Waals surface area contributed by atoms with Gasteiger partial charge in [0.2, 0.25) is 0 Å². The van der Waals surface area contributed by atoms with E-state index in [4.69, 9.17) is 9.47 Å². The lowest BCUT2D eigenvalue weighted by Crippen LogP contribution is -2.62. The summed E-state index contributed by atoms with van der Waals surface area (Å²) in [5, 5.41) is 0. The van der Waals surface area contributed by atoms with Crippen LogP contribution >= 0.6 is 0 Å². The SMILES string of the molecule is CCOCC[N+](C)(C)C(CC(C)C)(Oc1ccccc1)c1cccc(C)c1CC(C)C. The molecule has 1 atom stereocenters. The summed E-state index contributed by atoms with van der Waals surface area (Å²) in [5.41, 5.74) is 3.58. The summed E-state index contributed by atoms with van der Waals surface area (Å²) < 4.78 is 13.6. The van der Waals surface area contributed by atoms with Crippen molar-refractivity contribution >= 4 is 0 Å². The number of likely N-dealkylation sites (N-methyl/N-ethyl adjacent to an activating group) is 1. The van der Waals surface area contributed by atoms with E-state index >= 15 is 0 Å². The van der Waals surface area contributed by atoms with Crippen molar-refractivity contribution in [1.82, 2.24) is 0 Å². The second-order valence-corrected chi connectivity index (χ2v) is 10.1. The zero-order chi connectivity index (χ0) is 23.1. The monoisotopic (exact) mass is 426 g/mol. The lowest BCUT2D eigenvalue weighted by molar-refractivity contribution is -0.973. The molecule has 0 bridgehead atoms. The minimum atomic E-state index is -0.511. The molecular weight excluding hydrogens is 382 g/mol. The van der Waals surface area contributed by atoms with Crippen LogP contribution in [0.15, 0.2) is 48.5 Å². The molecule has 0 heterocycles. The first-order chi connectivity index (χ1) is 14.6. The first-order valence-electron chi connectivity index (χ1n) is 11.9. The third kappa shape index (κ3) is 6.33. The highest BCUT2D eigenvalue weighted by molar-refractivity contribution is 5.39. The van der Waals surface area contributed by atoms with Gasteiger partial charge in [-0.15, -0.1) is 0 Å². The van der Waals surface area contributed by atoms with Crippen LogP contribution in [0.2, 0.25) is 0 Å². The molecular formula is C28H44NO2+. The maximum atomic E-state index is 7.09. The van der Waals surface area contributed by atoms with Crippen LogP contribution < -0.4 is 4.74 Å². The van der Waals surface area contributed by atoms with Crippen LogP contribution in [0, 0.1) is 18.8 Å². The highest BCUT2D eigenvalue weighted by Crippen LogP contribution is 2.43. The van der Waals surface area contributed by atoms with Crippen LogP contribution in [0.3, 0.4) is 0 Å². The molecule has 0 aliphatic carbocycles. The molecule has 0 aliphatic heterocycles. The number of hydrogen-bond acceptors (Lipinski definition) is 2. The van der Waals surface area contributed by atoms with Crippen molar-refractivity contribution in [2.24, 2.45) is 11.8 Å². The van der Waals surface area contributed by atoms with Crippen molar-refractivity contribution in [3.8, 4) is 5.75 Å². The van der Waals surface area contributed by atoms with Crippen molar-refractivity contribution in [2.75, 3.05) is 33.9 Å². The largest absolute Gasteiger partial charge is 0.436 e. The van der Waals surface area contributed by atoms with Gasteiger partial charge in [0.1, 0.15) is 12.3 Å². The Morgan fingerprint density at radius 3 is 2.16 bits per heavy atom. The van der Waals surface area contributed by atoms with Gasteiger partial charge < -0.3 is 9.47 Å². The molecule has 0 saturated carbocycles. The van der Waals surface area contributed by atoms with Gasteiger partial charge in [0, 0.05) is 13.0 Å². The first kappa shape index (κ1) is 25.4. The predicted octanol–water partition coefficient (Wildman–Crippen LogP) is 6.58. The first-order valence-corrected chi connectivity index (χ1v) is 11.9. The highest BCUT2D eigenvalue weighted by Gasteiger charge is 2.51. The van der Waals surface area contributed by atoms with Crippen molar-refractivity contribution < 1.29 is 14.0 Å². The number of quaternary nitrogens is 1. The standard InChI is InChI=1S/C28H44NO2/c1-9-30-19-18-29(7,8)28(21-23(4)5,31-25-15-11-10-12-16-25)27-17-13-14-24(6)26(27)20-22(2)3/h10-17,22-23H,9,18-21H2,1-8H3/q+1. The number of aryl methyl sites for hydroxylation is 1. The van der Waals surface area contributed by atoms with E-state index in [0.717, 1.165) is 31.7 Å². The van der Waals surface area contributed by atoms with E-state index in [1.807, 2.05) is 6.07 Å². The molecule has 2 aromatic rings. The van der Waals surface area contributed by atoms with E-state index in [9.17, 15) is 0 Å². The second kappa shape index (κ2) is 11.2. The van der Waals surface area contributed by atoms with Crippen molar-refractivity contribution in [3.05, 3.63) is 65.2 Å². The predicted molar refractivity (Wildman–Crippen MR) is 131 cm³/mol. The molecule has 3 nitrogen and oxygen atoms in total. The zero-order valence-corrected chi connectivity index (χ0v) is 21.1. The topological polar surface area (TPSA) is 18.5 Å². The molecule has 3 heteroatoms. The third-order valence-corrected chi connectivity index (χ3v) is 6.13. The Kier molecular flexibility index (Phi) is 9.14. The number of rotatable bonds is 12. The summed E-state index contributed by atoms with van der Waals surface area (Å²) in [6.45, 7) is 15.8. The van der Waals surface area contributed by atoms with Crippen molar-refractivity contribution in [3.63, 3.8) is 0 Å². The smallest absolute Gasteiger partial charge is 0.270 e. The quantitative estimate of drug-likeness (QED) is 0.217. The molecule has 0 saturated heterocycles. The van der Waals surface area contributed by atoms with Crippen LogP contribution in [-0.4, -0.2) is 38.3 Å². The van der Waals surface area contributed by atoms with Gasteiger partial charge in [-0.25, -0.2) is 0 Å². The summed E-state index contributed by atoms with van der Waals surface area (Å²) in [6.07, 6.45) is 1.97. The maximum absolute atomic E-state index is 7.09. The molecule has 172 valence electrons. The molecule has 0 N–H and O–H groups in total. The molecule has 0 fully saturated rings. The van der Waals surface area contributed by atoms with Crippen molar-refractivity contribution in [1.29, 1.82) is 0 Å². The Morgan fingerprint density at radius 2 is 1.58 bits per heavy atom. The fourth-order valence-electron chi connectivity index (χ4n) is 4.51. The van der Waals surface area contributed by atoms with Crippen LogP contribution in [0.1, 0.15) is 57.7 Å². The third-order valence-electron chi connectivity index (χ3n) is 6.13. The second-order valence-electron chi connectivity index (χ2n) is 10.1. The number of nitrogens with zero attached hydrogens (tertiary/aromatic N) is 1. The van der Waals surface area contributed by atoms with Crippen LogP contribution in [0.25, 0.3) is 0 Å². The van der Waals surface area contributed by atoms with Gasteiger partial charge in [-0.05, 0) is 61.4 Å². The molecule has 0 spiro atoms. The minimum absolute atomic E-state index is 0.473. The summed E-state index contributed by atoms with van der Waals surface area (Å²) in [4.78, 5) is 0. The lowest BCUT2D eigenvalue weighted by atomic mass is 9.82. The van der Waals surface area contributed by atoms with Crippen LogP contribution in [0.5, 0.6) is 5.75 Å². The van der Waals surface area contributed by atoms with E-state index in [1.54, 1.807) is 0 Å². The van der Waals surface area contributed by atoms with Crippen LogP contribution in [-0.2, 0) is 16.9 Å². The van der Waals surface area contributed by atoms with E-state index in [-0.39, 0.29) is 0 Å². The summed E-state index contributed by atoms with van der Waals surface area (Å²) in [5.74, 6) is 1.97. The Bertz CT molecular complexity index is 798. The molecule has 0 aromatic heterocycles. The molecule has 0 radical (unpaired) electrons. The highest BCUT2D eigenvalue weighted by atomic mass is 16.5. The summed E-state index contributed by atoms with van der Waals surface area (Å²) in [6, 6.07) is 17.1.